The Bertz CT molecular complexity index is 884. The predicted octanol–water partition coefficient (Wildman–Crippen LogP) is 4.51. The molecule has 0 unspecified atom stereocenters. The van der Waals surface area contributed by atoms with Gasteiger partial charge in [-0.3, -0.25) is 9.69 Å². The van der Waals surface area contributed by atoms with Crippen LogP contribution < -0.4 is 4.90 Å². The van der Waals surface area contributed by atoms with E-state index in [4.69, 9.17) is 4.98 Å². The molecule has 1 aromatic heterocycles. The Morgan fingerprint density at radius 1 is 1.08 bits per heavy atom. The second-order valence-electron chi connectivity index (χ2n) is 6.90. The van der Waals surface area contributed by atoms with Gasteiger partial charge in [0.1, 0.15) is 0 Å². The molecule has 0 aliphatic rings. The second-order valence-corrected chi connectivity index (χ2v) is 7.91. The number of hydrogen-bond donors (Lipinski definition) is 0. The van der Waals surface area contributed by atoms with Crippen molar-refractivity contribution in [3.05, 3.63) is 59.2 Å². The van der Waals surface area contributed by atoms with Crippen LogP contribution in [0.2, 0.25) is 0 Å². The lowest BCUT2D eigenvalue weighted by Crippen LogP contribution is -2.33. The zero-order valence-electron chi connectivity index (χ0n) is 15.8. The zero-order chi connectivity index (χ0) is 18.7. The fraction of sp³-hybridized carbons (Fsp3) is 0.333. The van der Waals surface area contributed by atoms with Crippen molar-refractivity contribution in [2.75, 3.05) is 32.1 Å². The van der Waals surface area contributed by atoms with Gasteiger partial charge in [0, 0.05) is 12.1 Å². The molecule has 0 saturated carbocycles. The number of para-hydroxylation sites is 1. The predicted molar refractivity (Wildman–Crippen MR) is 110 cm³/mol. The van der Waals surface area contributed by atoms with Crippen molar-refractivity contribution in [3.63, 3.8) is 0 Å². The maximum absolute atomic E-state index is 13.3. The van der Waals surface area contributed by atoms with Crippen LogP contribution in [-0.4, -0.2) is 43.0 Å². The molecular formula is C21H25N3OS. The van der Waals surface area contributed by atoms with Crippen LogP contribution >= 0.6 is 11.3 Å². The number of benzene rings is 2. The maximum Gasteiger partial charge on any atom is 0.260 e. The third-order valence-electron chi connectivity index (χ3n) is 4.36. The highest BCUT2D eigenvalue weighted by Gasteiger charge is 2.22. The summed E-state index contributed by atoms with van der Waals surface area (Å²) in [6.45, 7) is 5.63. The van der Waals surface area contributed by atoms with Crippen molar-refractivity contribution < 1.29 is 4.79 Å². The molecule has 0 saturated heterocycles. The molecule has 0 radical (unpaired) electrons. The van der Waals surface area contributed by atoms with Crippen LogP contribution in [0, 0.1) is 13.8 Å². The maximum atomic E-state index is 13.3. The van der Waals surface area contributed by atoms with Gasteiger partial charge in [-0.15, -0.1) is 0 Å². The molecule has 5 heteroatoms. The lowest BCUT2D eigenvalue weighted by molar-refractivity contribution is 0.0985. The average molecular weight is 368 g/mol. The quantitative estimate of drug-likeness (QED) is 0.643. The van der Waals surface area contributed by atoms with E-state index in [-0.39, 0.29) is 5.91 Å². The van der Waals surface area contributed by atoms with E-state index in [9.17, 15) is 4.79 Å². The molecule has 0 N–H and O–H groups in total. The highest BCUT2D eigenvalue weighted by Crippen LogP contribution is 2.30. The molecule has 26 heavy (non-hydrogen) atoms. The normalized spacial score (nSPS) is 11.3. The number of anilines is 1. The Morgan fingerprint density at radius 3 is 2.54 bits per heavy atom. The average Bonchev–Trinajstić information content (AvgIpc) is 3.01. The Kier molecular flexibility index (Phi) is 5.69. The molecule has 3 aromatic rings. The number of fused-ring (bicyclic) bond motifs is 1. The number of aromatic nitrogens is 1. The minimum atomic E-state index is 0.0281. The number of rotatable bonds is 6. The molecule has 4 nitrogen and oxygen atoms in total. The molecule has 3 rings (SSSR count). The molecule has 0 bridgehead atoms. The first-order chi connectivity index (χ1) is 12.5. The number of aryl methyl sites for hydroxylation is 2. The van der Waals surface area contributed by atoms with Gasteiger partial charge in [0.2, 0.25) is 0 Å². The number of thiazole rings is 1. The van der Waals surface area contributed by atoms with Gasteiger partial charge in [-0.2, -0.15) is 0 Å². The first-order valence-electron chi connectivity index (χ1n) is 8.85. The number of carbonyl (C=O) groups is 1. The van der Waals surface area contributed by atoms with Crippen molar-refractivity contribution >= 4 is 32.6 Å². The molecule has 1 amide bonds. The molecule has 2 aromatic carbocycles. The van der Waals surface area contributed by atoms with E-state index >= 15 is 0 Å². The van der Waals surface area contributed by atoms with Crippen LogP contribution in [-0.2, 0) is 0 Å². The highest BCUT2D eigenvalue weighted by molar-refractivity contribution is 7.22. The van der Waals surface area contributed by atoms with Crippen LogP contribution in [0.3, 0.4) is 0 Å². The van der Waals surface area contributed by atoms with Crippen molar-refractivity contribution in [2.45, 2.75) is 20.3 Å². The fourth-order valence-corrected chi connectivity index (χ4v) is 3.99. The molecular weight excluding hydrogens is 342 g/mol. The summed E-state index contributed by atoms with van der Waals surface area (Å²) in [6.07, 6.45) is 0.902. The summed E-state index contributed by atoms with van der Waals surface area (Å²) in [5.74, 6) is 0.0281. The Morgan fingerprint density at radius 2 is 1.85 bits per heavy atom. The van der Waals surface area contributed by atoms with Crippen LogP contribution in [0.15, 0.2) is 42.5 Å². The van der Waals surface area contributed by atoms with Gasteiger partial charge in [-0.1, -0.05) is 41.2 Å². The van der Waals surface area contributed by atoms with Crippen molar-refractivity contribution in [2.24, 2.45) is 0 Å². The third kappa shape index (κ3) is 4.11. The topological polar surface area (TPSA) is 36.4 Å². The van der Waals surface area contributed by atoms with Crippen molar-refractivity contribution in [1.29, 1.82) is 0 Å². The summed E-state index contributed by atoms with van der Waals surface area (Å²) < 4.78 is 1.11. The monoisotopic (exact) mass is 367 g/mol. The lowest BCUT2D eigenvalue weighted by atomic mass is 10.0. The van der Waals surface area contributed by atoms with E-state index in [0.717, 1.165) is 45.0 Å². The first kappa shape index (κ1) is 18.5. The number of amides is 1. The summed E-state index contributed by atoms with van der Waals surface area (Å²) in [5.41, 5.74) is 3.87. The van der Waals surface area contributed by atoms with Gasteiger partial charge in [0.25, 0.3) is 5.91 Å². The third-order valence-corrected chi connectivity index (χ3v) is 5.42. The SMILES string of the molecule is Cc1ccc(C(=O)N(CCCN(C)C)c2nc3ccccc3s2)c(C)c1. The number of hydrogen-bond acceptors (Lipinski definition) is 4. The van der Waals surface area contributed by atoms with Gasteiger partial charge in [-0.05, 0) is 64.7 Å². The molecule has 0 fully saturated rings. The fourth-order valence-electron chi connectivity index (χ4n) is 3.00. The smallest absolute Gasteiger partial charge is 0.260 e. The minimum absolute atomic E-state index is 0.0281. The molecule has 136 valence electrons. The van der Waals surface area contributed by atoms with Gasteiger partial charge in [-0.25, -0.2) is 4.98 Å². The zero-order valence-corrected chi connectivity index (χ0v) is 16.6. The van der Waals surface area contributed by atoms with E-state index in [1.54, 1.807) is 11.3 Å². The minimum Gasteiger partial charge on any atom is -0.309 e. The highest BCUT2D eigenvalue weighted by atomic mass is 32.1. The Labute approximate surface area is 159 Å². The van der Waals surface area contributed by atoms with Crippen LogP contribution in [0.4, 0.5) is 5.13 Å². The van der Waals surface area contributed by atoms with Crippen molar-refractivity contribution in [1.82, 2.24) is 9.88 Å². The molecule has 0 aliphatic heterocycles. The molecule has 0 atom stereocenters. The van der Waals surface area contributed by atoms with E-state index < -0.39 is 0 Å². The van der Waals surface area contributed by atoms with Crippen LogP contribution in [0.25, 0.3) is 10.2 Å². The van der Waals surface area contributed by atoms with E-state index in [0.29, 0.717) is 6.54 Å². The van der Waals surface area contributed by atoms with Crippen LogP contribution in [0.5, 0.6) is 0 Å². The Balaban J connectivity index is 1.95. The summed E-state index contributed by atoms with van der Waals surface area (Å²) in [6, 6.07) is 14.0. The lowest BCUT2D eigenvalue weighted by Gasteiger charge is -2.22. The van der Waals surface area contributed by atoms with E-state index in [2.05, 4.69) is 17.0 Å². The van der Waals surface area contributed by atoms with E-state index in [1.165, 1.54) is 0 Å². The van der Waals surface area contributed by atoms with Crippen LogP contribution in [0.1, 0.15) is 27.9 Å². The summed E-state index contributed by atoms with van der Waals surface area (Å²) in [4.78, 5) is 22.0. The van der Waals surface area contributed by atoms with E-state index in [1.807, 2.05) is 63.2 Å². The van der Waals surface area contributed by atoms with Gasteiger partial charge < -0.3 is 4.90 Å². The van der Waals surface area contributed by atoms with Crippen molar-refractivity contribution in [3.8, 4) is 0 Å². The molecule has 1 heterocycles. The Hall–Kier alpha value is -2.24. The summed E-state index contributed by atoms with van der Waals surface area (Å²) in [7, 11) is 4.10. The first-order valence-corrected chi connectivity index (χ1v) is 9.67. The largest absolute Gasteiger partial charge is 0.309 e. The number of nitrogens with zero attached hydrogens (tertiary/aromatic N) is 3. The standard InChI is InChI=1S/C21H25N3OS/c1-15-10-11-17(16(2)14-15)20(25)24(13-7-12-23(3)4)21-22-18-8-5-6-9-19(18)26-21/h5-6,8-11,14H,7,12-13H2,1-4H3. The van der Waals surface area contributed by atoms with Gasteiger partial charge in [0.15, 0.2) is 5.13 Å². The molecule has 0 spiro atoms. The summed E-state index contributed by atoms with van der Waals surface area (Å²) >= 11 is 1.58. The van der Waals surface area contributed by atoms with Gasteiger partial charge >= 0.3 is 0 Å². The second kappa shape index (κ2) is 7.98. The summed E-state index contributed by atoms with van der Waals surface area (Å²) in [5, 5.41) is 0.773. The molecule has 0 aliphatic carbocycles. The number of carbonyl (C=O) groups excluding carboxylic acids is 1. The van der Waals surface area contributed by atoms with Gasteiger partial charge in [0.05, 0.1) is 10.2 Å².